The van der Waals surface area contributed by atoms with Gasteiger partial charge in [0.1, 0.15) is 18.2 Å². The molecule has 152 valence electrons. The molecule has 0 bridgehead atoms. The second-order valence-electron chi connectivity index (χ2n) is 6.27. The normalized spacial score (nSPS) is 21.8. The Morgan fingerprint density at radius 3 is 2.79 bits per heavy atom. The Morgan fingerprint density at radius 2 is 2.14 bits per heavy atom. The number of thioether (sulfide) groups is 1. The van der Waals surface area contributed by atoms with Gasteiger partial charge >= 0.3 is 17.6 Å². The first-order chi connectivity index (χ1) is 13.3. The lowest BCUT2D eigenvalue weighted by Gasteiger charge is -2.19. The van der Waals surface area contributed by atoms with E-state index in [4.69, 9.17) is 19.9 Å². The smallest absolute Gasteiger partial charge is 0.333 e. The van der Waals surface area contributed by atoms with E-state index in [2.05, 4.69) is 9.97 Å². The van der Waals surface area contributed by atoms with E-state index in [-0.39, 0.29) is 30.3 Å². The van der Waals surface area contributed by atoms with Gasteiger partial charge in [0, 0.05) is 20.3 Å². The third-order valence-corrected chi connectivity index (χ3v) is 4.69. The summed E-state index contributed by atoms with van der Waals surface area (Å²) in [5, 5.41) is 0. The van der Waals surface area contributed by atoms with Crippen molar-refractivity contribution >= 4 is 40.8 Å². The van der Waals surface area contributed by atoms with E-state index in [1.165, 1.54) is 40.9 Å². The summed E-state index contributed by atoms with van der Waals surface area (Å²) in [7, 11) is 0. The molecule has 0 unspecified atom stereocenters. The lowest BCUT2D eigenvalue weighted by molar-refractivity contribution is -0.153. The average Bonchev–Trinajstić information content (AvgIpc) is 3.11. The molecule has 0 aromatic carbocycles. The zero-order chi connectivity index (χ0) is 20.4. The van der Waals surface area contributed by atoms with Crippen LogP contribution in [0.25, 0.3) is 11.2 Å². The van der Waals surface area contributed by atoms with Gasteiger partial charge in [0.2, 0.25) is 5.95 Å². The molecule has 11 nitrogen and oxygen atoms in total. The molecule has 1 aliphatic rings. The third-order valence-electron chi connectivity index (χ3n) is 4.17. The number of esters is 2. The minimum atomic E-state index is -0.933. The van der Waals surface area contributed by atoms with Crippen molar-refractivity contribution in [2.45, 2.75) is 44.6 Å². The first kappa shape index (κ1) is 20.1. The molecular weight excluding hydrogens is 390 g/mol. The summed E-state index contributed by atoms with van der Waals surface area (Å²) in [5.41, 5.74) is 6.09. The number of fused-ring (bicyclic) bond motifs is 1. The fraction of sp³-hybridized carbons (Fsp3) is 0.562. The molecule has 0 aliphatic carbocycles. The van der Waals surface area contributed by atoms with Gasteiger partial charge in [-0.15, -0.1) is 11.8 Å². The fourth-order valence-electron chi connectivity index (χ4n) is 3.13. The van der Waals surface area contributed by atoms with E-state index < -0.39 is 30.4 Å². The maximum absolute atomic E-state index is 13.1. The van der Waals surface area contributed by atoms with Gasteiger partial charge in [-0.3, -0.25) is 14.2 Å². The van der Waals surface area contributed by atoms with Crippen LogP contribution in [-0.4, -0.2) is 56.1 Å². The molecule has 12 heteroatoms. The molecule has 0 amide bonds. The third kappa shape index (κ3) is 3.97. The van der Waals surface area contributed by atoms with E-state index >= 15 is 0 Å². The van der Waals surface area contributed by atoms with Crippen LogP contribution in [0.4, 0.5) is 5.95 Å². The van der Waals surface area contributed by atoms with Crippen molar-refractivity contribution in [3.8, 4) is 0 Å². The van der Waals surface area contributed by atoms with Crippen LogP contribution in [0.2, 0.25) is 0 Å². The molecule has 1 aliphatic heterocycles. The average molecular weight is 411 g/mol. The topological polar surface area (TPSA) is 141 Å². The van der Waals surface area contributed by atoms with E-state index in [9.17, 15) is 14.4 Å². The molecule has 1 fully saturated rings. The van der Waals surface area contributed by atoms with E-state index in [1.807, 2.05) is 6.26 Å². The SMILES string of the molecule is CSCn1c(=O)n([C@@H]2O[C@H](COC(C)=O)C[C@H]2OC(C)=O)c2nc(N)ncc21. The molecule has 2 N–H and O–H groups in total. The number of anilines is 1. The number of rotatable bonds is 6. The van der Waals surface area contributed by atoms with Crippen LogP contribution in [0.3, 0.4) is 0 Å². The van der Waals surface area contributed by atoms with E-state index in [1.54, 1.807) is 0 Å². The van der Waals surface area contributed by atoms with E-state index in [0.717, 1.165) is 0 Å². The number of hydrogen-bond donors (Lipinski definition) is 1. The summed E-state index contributed by atoms with van der Waals surface area (Å²) in [6.45, 7) is 2.55. The highest BCUT2D eigenvalue weighted by Gasteiger charge is 2.41. The number of nitrogens with zero attached hydrogens (tertiary/aromatic N) is 4. The minimum absolute atomic E-state index is 0.000970. The zero-order valence-electron chi connectivity index (χ0n) is 15.7. The molecule has 0 radical (unpaired) electrons. The fourth-order valence-corrected chi connectivity index (χ4v) is 3.64. The lowest BCUT2D eigenvalue weighted by atomic mass is 10.2. The molecule has 0 spiro atoms. The molecule has 28 heavy (non-hydrogen) atoms. The summed E-state index contributed by atoms with van der Waals surface area (Å²) < 4.78 is 19.1. The van der Waals surface area contributed by atoms with Crippen molar-refractivity contribution in [2.75, 3.05) is 18.6 Å². The number of aromatic nitrogens is 4. The van der Waals surface area contributed by atoms with Gasteiger partial charge in [0.25, 0.3) is 0 Å². The summed E-state index contributed by atoms with van der Waals surface area (Å²) in [6.07, 6.45) is 1.37. The summed E-state index contributed by atoms with van der Waals surface area (Å²) in [4.78, 5) is 43.9. The van der Waals surface area contributed by atoms with Crippen LogP contribution in [0.1, 0.15) is 26.5 Å². The quantitative estimate of drug-likeness (QED) is 0.659. The standard InChI is InChI=1S/C16H21N5O6S/c1-8(22)25-6-10-4-12(26-9(2)23)14(27-10)21-13-11(5-18-15(17)19-13)20(7-28-3)16(21)24/h5,10,12,14H,4,6-7H2,1-3H3,(H2,17,18,19)/t10-,12+,14+/m0/s1. The van der Waals surface area contributed by atoms with Gasteiger partial charge < -0.3 is 19.9 Å². The van der Waals surface area contributed by atoms with Crippen molar-refractivity contribution in [1.29, 1.82) is 0 Å². The Balaban J connectivity index is 2.05. The Bertz CT molecular complexity index is 957. The lowest BCUT2D eigenvalue weighted by Crippen LogP contribution is -2.33. The first-order valence-corrected chi connectivity index (χ1v) is 9.89. The molecule has 3 atom stereocenters. The van der Waals surface area contributed by atoms with Crippen LogP contribution in [0.15, 0.2) is 11.0 Å². The van der Waals surface area contributed by atoms with Gasteiger partial charge in [-0.2, -0.15) is 4.98 Å². The van der Waals surface area contributed by atoms with Crippen LogP contribution >= 0.6 is 11.8 Å². The Labute approximate surface area is 164 Å². The van der Waals surface area contributed by atoms with Crippen molar-refractivity contribution in [2.24, 2.45) is 0 Å². The van der Waals surface area contributed by atoms with Gasteiger partial charge in [0.15, 0.2) is 11.9 Å². The van der Waals surface area contributed by atoms with Crippen molar-refractivity contribution in [3.05, 3.63) is 16.7 Å². The molecule has 3 rings (SSSR count). The number of nitrogens with two attached hydrogens (primary N) is 1. The van der Waals surface area contributed by atoms with Crippen molar-refractivity contribution < 1.29 is 23.8 Å². The predicted octanol–water partition coefficient (Wildman–Crippen LogP) is 0.278. The van der Waals surface area contributed by atoms with Gasteiger partial charge in [-0.1, -0.05) is 0 Å². The van der Waals surface area contributed by atoms with Gasteiger partial charge in [-0.25, -0.2) is 14.3 Å². The van der Waals surface area contributed by atoms with Crippen LogP contribution in [0.5, 0.6) is 0 Å². The summed E-state index contributed by atoms with van der Waals surface area (Å²) in [6, 6.07) is 0. The largest absolute Gasteiger partial charge is 0.463 e. The number of imidazole rings is 1. The first-order valence-electron chi connectivity index (χ1n) is 8.50. The summed E-state index contributed by atoms with van der Waals surface area (Å²) >= 11 is 1.45. The molecule has 0 saturated carbocycles. The number of nitrogen functional groups attached to an aromatic ring is 1. The second kappa shape index (κ2) is 8.19. The highest BCUT2D eigenvalue weighted by Crippen LogP contribution is 2.33. The molecule has 2 aromatic rings. The zero-order valence-corrected chi connectivity index (χ0v) is 16.5. The van der Waals surface area contributed by atoms with Crippen LogP contribution < -0.4 is 11.4 Å². The monoisotopic (exact) mass is 411 g/mol. The minimum Gasteiger partial charge on any atom is -0.463 e. The maximum atomic E-state index is 13.1. The summed E-state index contributed by atoms with van der Waals surface area (Å²) in [5.74, 6) is -0.592. The number of carbonyl (C=O) groups excluding carboxylic acids is 2. The molecular formula is C16H21N5O6S. The Hall–Kier alpha value is -2.60. The van der Waals surface area contributed by atoms with Gasteiger partial charge in [0.05, 0.1) is 18.2 Å². The van der Waals surface area contributed by atoms with Crippen molar-refractivity contribution in [3.63, 3.8) is 0 Å². The van der Waals surface area contributed by atoms with E-state index in [0.29, 0.717) is 11.4 Å². The Kier molecular flexibility index (Phi) is 5.89. The Morgan fingerprint density at radius 1 is 1.39 bits per heavy atom. The molecule has 1 saturated heterocycles. The second-order valence-corrected chi connectivity index (χ2v) is 7.11. The number of carbonyl (C=O) groups is 2. The molecule has 2 aromatic heterocycles. The number of hydrogen-bond acceptors (Lipinski definition) is 10. The predicted molar refractivity (Wildman–Crippen MR) is 100 cm³/mol. The maximum Gasteiger partial charge on any atom is 0.333 e. The highest BCUT2D eigenvalue weighted by molar-refractivity contribution is 7.97. The van der Waals surface area contributed by atoms with Crippen molar-refractivity contribution in [1.82, 2.24) is 19.1 Å². The van der Waals surface area contributed by atoms with Crippen LogP contribution in [0, 0.1) is 0 Å². The van der Waals surface area contributed by atoms with Gasteiger partial charge in [-0.05, 0) is 6.26 Å². The van der Waals surface area contributed by atoms with Crippen LogP contribution in [-0.2, 0) is 29.7 Å². The number of ether oxygens (including phenoxy) is 3. The molecule has 3 heterocycles. The highest BCUT2D eigenvalue weighted by atomic mass is 32.2.